The molecule has 0 rings (SSSR count). The van der Waals surface area contributed by atoms with Crippen LogP contribution in [-0.4, -0.2) is 58.8 Å². The molecule has 0 aliphatic heterocycles. The van der Waals surface area contributed by atoms with Crippen LogP contribution in [0.3, 0.4) is 0 Å². The molecule has 0 aliphatic rings. The van der Waals surface area contributed by atoms with E-state index in [0.29, 0.717) is 30.1 Å². The first kappa shape index (κ1) is 31.6. The molecule has 1 atom stereocenters. The van der Waals surface area contributed by atoms with E-state index in [2.05, 4.69) is 65.2 Å². The van der Waals surface area contributed by atoms with E-state index < -0.39 is 0 Å². The maximum Gasteiger partial charge on any atom is 0.236 e. The van der Waals surface area contributed by atoms with Gasteiger partial charge in [0.15, 0.2) is 0 Å². The van der Waals surface area contributed by atoms with Crippen molar-refractivity contribution in [2.75, 3.05) is 31.9 Å². The summed E-state index contributed by atoms with van der Waals surface area (Å²) in [6, 6.07) is 0. The van der Waals surface area contributed by atoms with Crippen molar-refractivity contribution >= 4 is 33.4 Å². The highest BCUT2D eigenvalue weighted by molar-refractivity contribution is 8.77. The van der Waals surface area contributed by atoms with Gasteiger partial charge in [-0.2, -0.15) is 0 Å². The molecule has 0 aromatic heterocycles. The van der Waals surface area contributed by atoms with E-state index in [1.165, 1.54) is 0 Å². The van der Waals surface area contributed by atoms with Gasteiger partial charge in [-0.25, -0.2) is 0 Å². The topological polar surface area (TPSA) is 40.6 Å². The molecule has 0 aliphatic carbocycles. The Bertz CT molecular complexity index is 486. The van der Waals surface area contributed by atoms with E-state index in [1.54, 1.807) is 21.6 Å². The minimum atomic E-state index is -0.0765. The van der Waals surface area contributed by atoms with Crippen molar-refractivity contribution in [3.05, 3.63) is 0 Å². The second-order valence-electron chi connectivity index (χ2n) is 10.7. The van der Waals surface area contributed by atoms with Crippen molar-refractivity contribution in [1.82, 2.24) is 9.80 Å². The fourth-order valence-corrected chi connectivity index (χ4v) is 5.27. The minimum absolute atomic E-state index is 0.0765. The van der Waals surface area contributed by atoms with Crippen LogP contribution in [0.5, 0.6) is 0 Å². The third kappa shape index (κ3) is 16.3. The van der Waals surface area contributed by atoms with Gasteiger partial charge in [0.05, 0.1) is 5.25 Å². The Morgan fingerprint density at radius 3 is 1.38 bits per heavy atom. The molecule has 0 spiro atoms. The maximum atomic E-state index is 13.0. The Hall–Kier alpha value is -0.360. The van der Waals surface area contributed by atoms with Crippen LogP contribution in [0.25, 0.3) is 0 Å². The second-order valence-corrected chi connectivity index (χ2v) is 13.6. The third-order valence-corrected chi connectivity index (χ3v) is 8.30. The predicted molar refractivity (Wildman–Crippen MR) is 145 cm³/mol. The number of rotatable bonds is 18. The Kier molecular flexibility index (Phi) is 17.8. The Morgan fingerprint density at radius 1 is 0.625 bits per heavy atom. The molecule has 0 heterocycles. The van der Waals surface area contributed by atoms with Gasteiger partial charge < -0.3 is 9.80 Å². The van der Waals surface area contributed by atoms with E-state index in [0.717, 1.165) is 57.6 Å². The van der Waals surface area contributed by atoms with Crippen LogP contribution >= 0.6 is 21.6 Å². The van der Waals surface area contributed by atoms with Crippen molar-refractivity contribution in [1.29, 1.82) is 0 Å². The van der Waals surface area contributed by atoms with Gasteiger partial charge in [0.1, 0.15) is 0 Å². The first-order valence-corrected chi connectivity index (χ1v) is 15.2. The van der Waals surface area contributed by atoms with E-state index in [9.17, 15) is 9.59 Å². The molecule has 6 heteroatoms. The molecule has 1 unspecified atom stereocenters. The van der Waals surface area contributed by atoms with Crippen LogP contribution in [0.2, 0.25) is 0 Å². The third-order valence-electron chi connectivity index (χ3n) is 5.53. The highest BCUT2D eigenvalue weighted by atomic mass is 33.1. The van der Waals surface area contributed by atoms with Crippen LogP contribution in [0.1, 0.15) is 94.4 Å². The second kappa shape index (κ2) is 18.0. The van der Waals surface area contributed by atoms with Gasteiger partial charge in [-0.15, -0.1) is 0 Å². The van der Waals surface area contributed by atoms with Crippen molar-refractivity contribution < 1.29 is 9.59 Å². The summed E-state index contributed by atoms with van der Waals surface area (Å²) in [5, 5.41) is -0.0765. The van der Waals surface area contributed by atoms with Crippen molar-refractivity contribution in [2.24, 2.45) is 23.7 Å². The zero-order valence-corrected chi connectivity index (χ0v) is 24.1. The fourth-order valence-electron chi connectivity index (χ4n) is 3.09. The average molecular weight is 489 g/mol. The number of carbonyl (C=O) groups excluding carboxylic acids is 2. The van der Waals surface area contributed by atoms with Crippen molar-refractivity contribution in [3.63, 3.8) is 0 Å². The molecule has 0 fully saturated rings. The Morgan fingerprint density at radius 2 is 1.00 bits per heavy atom. The summed E-state index contributed by atoms with van der Waals surface area (Å²) >= 11 is 0. The number of carbonyl (C=O) groups is 2. The van der Waals surface area contributed by atoms with Crippen LogP contribution in [-0.2, 0) is 9.59 Å². The molecule has 0 N–H and O–H groups in total. The summed E-state index contributed by atoms with van der Waals surface area (Å²) < 4.78 is 0. The zero-order valence-electron chi connectivity index (χ0n) is 22.5. The lowest BCUT2D eigenvalue weighted by Crippen LogP contribution is -2.38. The van der Waals surface area contributed by atoms with Gasteiger partial charge >= 0.3 is 0 Å². The van der Waals surface area contributed by atoms with Crippen molar-refractivity contribution in [2.45, 2.75) is 99.7 Å². The summed E-state index contributed by atoms with van der Waals surface area (Å²) in [7, 11) is 3.30. The average Bonchev–Trinajstić information content (AvgIpc) is 2.69. The van der Waals surface area contributed by atoms with Crippen molar-refractivity contribution in [3.8, 4) is 0 Å². The molecule has 0 bridgehead atoms. The molecule has 0 radical (unpaired) electrons. The smallest absolute Gasteiger partial charge is 0.236 e. The lowest BCUT2D eigenvalue weighted by molar-refractivity contribution is -0.131. The molecular weight excluding hydrogens is 436 g/mol. The summed E-state index contributed by atoms with van der Waals surface area (Å²) in [5.41, 5.74) is 0. The summed E-state index contributed by atoms with van der Waals surface area (Å²) in [5.74, 6) is 3.67. The van der Waals surface area contributed by atoms with E-state index >= 15 is 0 Å². The van der Waals surface area contributed by atoms with Crippen LogP contribution in [0.15, 0.2) is 0 Å². The van der Waals surface area contributed by atoms with Gasteiger partial charge in [-0.05, 0) is 56.3 Å². The minimum Gasteiger partial charge on any atom is -0.343 e. The molecule has 0 aromatic rings. The Balaban J connectivity index is 4.56. The number of nitrogens with zero attached hydrogens (tertiary/aromatic N) is 2. The van der Waals surface area contributed by atoms with Gasteiger partial charge in [0.25, 0.3) is 0 Å². The molecule has 0 saturated carbocycles. The van der Waals surface area contributed by atoms with Crippen LogP contribution in [0, 0.1) is 23.7 Å². The normalized spacial score (nSPS) is 12.8. The fraction of sp³-hybridized carbons (Fsp3) is 0.923. The van der Waals surface area contributed by atoms with E-state index in [4.69, 9.17) is 0 Å². The highest BCUT2D eigenvalue weighted by Gasteiger charge is 2.22. The highest BCUT2D eigenvalue weighted by Crippen LogP contribution is 2.29. The molecular formula is C26H52N2O2S2. The SMILES string of the molecule is CC(C)CCN(CCC(C)C)C(=O)CCSSC(C)C(=O)N(CCC(C)C)CCC(C)C. The number of amides is 2. The van der Waals surface area contributed by atoms with Crippen LogP contribution in [0.4, 0.5) is 0 Å². The Labute approximate surface area is 207 Å². The van der Waals surface area contributed by atoms with E-state index in [1.807, 2.05) is 6.92 Å². The molecule has 0 aromatic carbocycles. The molecule has 2 amide bonds. The predicted octanol–water partition coefficient (Wildman–Crippen LogP) is 6.99. The first-order valence-electron chi connectivity index (χ1n) is 12.8. The molecule has 4 nitrogen and oxygen atoms in total. The standard InChI is InChI=1S/C26H52N2O2S2/c1-20(2)10-15-27(16-11-21(3)4)25(29)14-19-31-32-24(9)26(30)28(17-12-22(5)6)18-13-23(7)8/h20-24H,10-19H2,1-9H3. The number of hydrogen-bond acceptors (Lipinski definition) is 4. The maximum absolute atomic E-state index is 13.0. The van der Waals surface area contributed by atoms with Gasteiger partial charge in [-0.3, -0.25) is 9.59 Å². The van der Waals surface area contributed by atoms with Crippen LogP contribution < -0.4 is 0 Å². The van der Waals surface area contributed by atoms with Gasteiger partial charge in [0.2, 0.25) is 11.8 Å². The summed E-state index contributed by atoms with van der Waals surface area (Å²) in [4.78, 5) is 29.9. The monoisotopic (exact) mass is 488 g/mol. The summed E-state index contributed by atoms with van der Waals surface area (Å²) in [6.45, 7) is 23.1. The van der Waals surface area contributed by atoms with E-state index in [-0.39, 0.29) is 17.1 Å². The van der Waals surface area contributed by atoms with Gasteiger partial charge in [-0.1, -0.05) is 77.0 Å². The van der Waals surface area contributed by atoms with Gasteiger partial charge in [0, 0.05) is 38.4 Å². The molecule has 0 saturated heterocycles. The number of hydrogen-bond donors (Lipinski definition) is 0. The quantitative estimate of drug-likeness (QED) is 0.154. The zero-order chi connectivity index (χ0) is 24.7. The lowest BCUT2D eigenvalue weighted by atomic mass is 10.1. The summed E-state index contributed by atoms with van der Waals surface area (Å²) in [6.07, 6.45) is 4.76. The first-order chi connectivity index (χ1) is 14.9. The molecule has 190 valence electrons. The molecule has 32 heavy (non-hydrogen) atoms. The largest absolute Gasteiger partial charge is 0.343 e. The lowest BCUT2D eigenvalue weighted by Gasteiger charge is -2.27.